The lowest BCUT2D eigenvalue weighted by molar-refractivity contribution is 0.0349. The second-order valence-electron chi connectivity index (χ2n) is 5.36. The molecule has 3 rings (SSSR count). The van der Waals surface area contributed by atoms with Crippen LogP contribution in [0.5, 0.6) is 5.75 Å². The highest BCUT2D eigenvalue weighted by molar-refractivity contribution is 6.11. The number of aromatic nitrogens is 1. The SMILES string of the molecule is C=CC(O)COC(=O)c1c2ccccc2n2cc(OCC#N)ccc12. The van der Waals surface area contributed by atoms with Crippen LogP contribution in [0, 0.1) is 11.3 Å². The molecule has 0 bridgehead atoms. The number of ether oxygens (including phenoxy) is 2. The number of fused-ring (bicyclic) bond motifs is 3. The second kappa shape index (κ2) is 7.07. The Balaban J connectivity index is 2.08. The highest BCUT2D eigenvalue weighted by Crippen LogP contribution is 2.29. The predicted octanol–water partition coefficient (Wildman–Crippen LogP) is 2.70. The quantitative estimate of drug-likeness (QED) is 0.553. The summed E-state index contributed by atoms with van der Waals surface area (Å²) in [6.45, 7) is 3.24. The predicted molar refractivity (Wildman–Crippen MR) is 92.5 cm³/mol. The van der Waals surface area contributed by atoms with Gasteiger partial charge in [-0.05, 0) is 18.2 Å². The van der Waals surface area contributed by atoms with E-state index in [4.69, 9.17) is 14.7 Å². The zero-order valence-corrected chi connectivity index (χ0v) is 13.4. The van der Waals surface area contributed by atoms with Crippen molar-refractivity contribution in [1.82, 2.24) is 4.40 Å². The third kappa shape index (κ3) is 3.18. The third-order valence-corrected chi connectivity index (χ3v) is 3.78. The van der Waals surface area contributed by atoms with Crippen LogP contribution in [0.1, 0.15) is 10.4 Å². The van der Waals surface area contributed by atoms with Crippen LogP contribution in [-0.2, 0) is 4.74 Å². The lowest BCUT2D eigenvalue weighted by Crippen LogP contribution is -2.16. The van der Waals surface area contributed by atoms with Gasteiger partial charge in [-0.15, -0.1) is 6.58 Å². The molecule has 2 aromatic heterocycles. The molecule has 0 saturated heterocycles. The summed E-state index contributed by atoms with van der Waals surface area (Å²) in [4.78, 5) is 12.6. The van der Waals surface area contributed by atoms with E-state index >= 15 is 0 Å². The Labute approximate surface area is 144 Å². The number of carbonyl (C=O) groups excluding carboxylic acids is 1. The molecule has 0 aliphatic heterocycles. The molecule has 0 radical (unpaired) electrons. The van der Waals surface area contributed by atoms with Crippen molar-refractivity contribution in [1.29, 1.82) is 5.26 Å². The van der Waals surface area contributed by atoms with Crippen molar-refractivity contribution in [3.8, 4) is 11.8 Å². The average Bonchev–Trinajstić information content (AvgIpc) is 2.98. The van der Waals surface area contributed by atoms with Gasteiger partial charge in [0.25, 0.3) is 0 Å². The molecule has 1 N–H and O–H groups in total. The van der Waals surface area contributed by atoms with E-state index < -0.39 is 12.1 Å². The summed E-state index contributed by atoms with van der Waals surface area (Å²) in [5, 5.41) is 18.9. The van der Waals surface area contributed by atoms with Crippen molar-refractivity contribution >= 4 is 22.4 Å². The van der Waals surface area contributed by atoms with Crippen LogP contribution in [0.4, 0.5) is 0 Å². The van der Waals surface area contributed by atoms with Gasteiger partial charge in [-0.2, -0.15) is 5.26 Å². The van der Waals surface area contributed by atoms with Crippen LogP contribution >= 0.6 is 0 Å². The molecule has 126 valence electrons. The number of rotatable bonds is 6. The summed E-state index contributed by atoms with van der Waals surface area (Å²) < 4.78 is 12.4. The fourth-order valence-electron chi connectivity index (χ4n) is 2.63. The van der Waals surface area contributed by atoms with E-state index in [1.165, 1.54) is 6.08 Å². The van der Waals surface area contributed by atoms with Crippen LogP contribution in [-0.4, -0.2) is 34.8 Å². The number of benzene rings is 1. The fourth-order valence-corrected chi connectivity index (χ4v) is 2.63. The van der Waals surface area contributed by atoms with Crippen molar-refractivity contribution in [2.45, 2.75) is 6.10 Å². The normalized spacial score (nSPS) is 11.8. The highest BCUT2D eigenvalue weighted by Gasteiger charge is 2.20. The van der Waals surface area contributed by atoms with Crippen LogP contribution in [0.3, 0.4) is 0 Å². The van der Waals surface area contributed by atoms with E-state index in [1.54, 1.807) is 18.3 Å². The first-order valence-electron chi connectivity index (χ1n) is 7.66. The Bertz CT molecular complexity index is 984. The van der Waals surface area contributed by atoms with Crippen molar-refractivity contribution in [3.05, 3.63) is 60.8 Å². The van der Waals surface area contributed by atoms with Crippen LogP contribution < -0.4 is 4.74 Å². The lowest BCUT2D eigenvalue weighted by atomic mass is 10.1. The minimum absolute atomic E-state index is 0.0565. The van der Waals surface area contributed by atoms with Crippen molar-refractivity contribution < 1.29 is 19.4 Å². The maximum Gasteiger partial charge on any atom is 0.341 e. The molecule has 0 fully saturated rings. The van der Waals surface area contributed by atoms with Gasteiger partial charge in [0.15, 0.2) is 6.61 Å². The van der Waals surface area contributed by atoms with Crippen molar-refractivity contribution in [2.24, 2.45) is 0 Å². The van der Waals surface area contributed by atoms with Gasteiger partial charge in [0.2, 0.25) is 0 Å². The van der Waals surface area contributed by atoms with Gasteiger partial charge in [-0.3, -0.25) is 0 Å². The molecule has 0 saturated carbocycles. The Morgan fingerprint density at radius 2 is 2.12 bits per heavy atom. The van der Waals surface area contributed by atoms with Gasteiger partial charge in [-0.1, -0.05) is 24.3 Å². The Kier molecular flexibility index (Phi) is 4.68. The van der Waals surface area contributed by atoms with Gasteiger partial charge >= 0.3 is 5.97 Å². The number of aliphatic hydroxyl groups is 1. The number of nitriles is 1. The van der Waals surface area contributed by atoms with E-state index in [0.29, 0.717) is 16.8 Å². The van der Waals surface area contributed by atoms with Gasteiger partial charge in [0, 0.05) is 5.39 Å². The maximum atomic E-state index is 12.6. The zero-order chi connectivity index (χ0) is 17.8. The summed E-state index contributed by atoms with van der Waals surface area (Å²) in [5.41, 5.74) is 1.89. The maximum absolute atomic E-state index is 12.6. The zero-order valence-electron chi connectivity index (χ0n) is 13.4. The number of aliphatic hydroxyl groups excluding tert-OH is 1. The van der Waals surface area contributed by atoms with Crippen LogP contribution in [0.15, 0.2) is 55.3 Å². The molecular weight excluding hydrogens is 320 g/mol. The number of nitrogens with zero attached hydrogens (tertiary/aromatic N) is 2. The topological polar surface area (TPSA) is 84.0 Å². The average molecular weight is 336 g/mol. The number of hydrogen-bond donors (Lipinski definition) is 1. The molecule has 1 aromatic carbocycles. The number of para-hydroxylation sites is 1. The highest BCUT2D eigenvalue weighted by atomic mass is 16.5. The molecule has 25 heavy (non-hydrogen) atoms. The van der Waals surface area contributed by atoms with E-state index in [0.717, 1.165) is 10.9 Å². The van der Waals surface area contributed by atoms with E-state index in [-0.39, 0.29) is 13.2 Å². The van der Waals surface area contributed by atoms with E-state index in [2.05, 4.69) is 6.58 Å². The van der Waals surface area contributed by atoms with Crippen molar-refractivity contribution in [2.75, 3.05) is 13.2 Å². The van der Waals surface area contributed by atoms with Gasteiger partial charge < -0.3 is 19.0 Å². The molecule has 0 aliphatic carbocycles. The second-order valence-corrected chi connectivity index (χ2v) is 5.36. The first-order chi connectivity index (χ1) is 12.2. The Morgan fingerprint density at radius 3 is 2.88 bits per heavy atom. The largest absolute Gasteiger partial charge is 0.477 e. The lowest BCUT2D eigenvalue weighted by Gasteiger charge is -2.07. The number of pyridine rings is 1. The smallest absolute Gasteiger partial charge is 0.341 e. The summed E-state index contributed by atoms with van der Waals surface area (Å²) in [6.07, 6.45) is 2.13. The third-order valence-electron chi connectivity index (χ3n) is 3.78. The molecule has 0 amide bonds. The Morgan fingerprint density at radius 1 is 1.32 bits per heavy atom. The van der Waals surface area contributed by atoms with E-state index in [9.17, 15) is 9.90 Å². The molecule has 3 aromatic rings. The molecule has 0 aliphatic rings. The van der Waals surface area contributed by atoms with Crippen molar-refractivity contribution in [3.63, 3.8) is 0 Å². The fraction of sp³-hybridized carbons (Fsp3) is 0.158. The number of hydrogen-bond acceptors (Lipinski definition) is 5. The molecule has 0 spiro atoms. The first-order valence-corrected chi connectivity index (χ1v) is 7.66. The molecule has 1 atom stereocenters. The molecular formula is C19H16N2O4. The minimum atomic E-state index is -0.907. The molecule has 6 nitrogen and oxygen atoms in total. The molecule has 2 heterocycles. The number of carbonyl (C=O) groups is 1. The monoisotopic (exact) mass is 336 g/mol. The van der Waals surface area contributed by atoms with Gasteiger partial charge in [0.1, 0.15) is 24.5 Å². The van der Waals surface area contributed by atoms with Crippen LogP contribution in [0.2, 0.25) is 0 Å². The van der Waals surface area contributed by atoms with E-state index in [1.807, 2.05) is 34.7 Å². The summed E-state index contributed by atoms with van der Waals surface area (Å²) >= 11 is 0. The van der Waals surface area contributed by atoms with Gasteiger partial charge in [0.05, 0.1) is 22.8 Å². The Hall–Kier alpha value is -3.30. The molecule has 1 unspecified atom stereocenters. The summed E-state index contributed by atoms with van der Waals surface area (Å²) in [5.74, 6) is 0.00194. The molecule has 6 heteroatoms. The summed E-state index contributed by atoms with van der Waals surface area (Å²) in [7, 11) is 0. The standard InChI is InChI=1S/C19H16N2O4/c1-2-13(22)12-25-19(23)18-15-5-3-4-6-16(15)21-11-14(24-10-9-20)7-8-17(18)21/h2-8,11,13,22H,1,10,12H2. The minimum Gasteiger partial charge on any atom is -0.477 e. The first kappa shape index (κ1) is 16.6. The van der Waals surface area contributed by atoms with Gasteiger partial charge in [-0.25, -0.2) is 4.79 Å². The summed E-state index contributed by atoms with van der Waals surface area (Å²) in [6, 6.07) is 12.8. The number of esters is 1. The van der Waals surface area contributed by atoms with Crippen LogP contribution in [0.25, 0.3) is 16.4 Å².